The average molecular weight is 500 g/mol. The minimum atomic E-state index is -0.993. The molecule has 2 aromatic rings. The molecule has 0 bridgehead atoms. The number of hydrogen-bond acceptors (Lipinski definition) is 7. The Kier molecular flexibility index (Phi) is 7.82. The number of rotatable bonds is 5. The molecule has 1 saturated heterocycles. The van der Waals surface area contributed by atoms with Gasteiger partial charge in [0, 0.05) is 13.1 Å². The van der Waals surface area contributed by atoms with Crippen LogP contribution in [0.3, 0.4) is 0 Å². The fourth-order valence-electron chi connectivity index (χ4n) is 4.85. The lowest BCUT2D eigenvalue weighted by atomic mass is 9.83. The van der Waals surface area contributed by atoms with Crippen LogP contribution in [0.2, 0.25) is 0 Å². The van der Waals surface area contributed by atoms with Crippen molar-refractivity contribution in [1.82, 2.24) is 25.2 Å². The summed E-state index contributed by atoms with van der Waals surface area (Å²) in [6, 6.07) is 8.78. The minimum absolute atomic E-state index is 0.181. The number of likely N-dealkylation sites (tertiary alicyclic amines) is 1. The molecule has 0 unspecified atom stereocenters. The van der Waals surface area contributed by atoms with Crippen LogP contribution in [0.25, 0.3) is 0 Å². The molecule has 2 aliphatic rings. The van der Waals surface area contributed by atoms with Crippen LogP contribution in [-0.4, -0.2) is 61.9 Å². The number of ether oxygens (including phenoxy) is 2. The predicted molar refractivity (Wildman–Crippen MR) is 132 cm³/mol. The van der Waals surface area contributed by atoms with Gasteiger partial charge < -0.3 is 24.8 Å². The smallest absolute Gasteiger partial charge is 0.410 e. The highest BCUT2D eigenvalue weighted by molar-refractivity contribution is 5.69. The summed E-state index contributed by atoms with van der Waals surface area (Å²) in [6.07, 6.45) is 5.56. The Bertz CT molecular complexity index is 1030. The van der Waals surface area contributed by atoms with E-state index in [1.54, 1.807) is 15.8 Å². The number of nitrogens with zero attached hydrogens (tertiary/aromatic N) is 4. The van der Waals surface area contributed by atoms with Crippen molar-refractivity contribution in [2.45, 2.75) is 89.2 Å². The van der Waals surface area contributed by atoms with E-state index in [-0.39, 0.29) is 19.2 Å². The van der Waals surface area contributed by atoms with E-state index >= 15 is 0 Å². The average Bonchev–Trinajstić information content (AvgIpc) is 3.34. The Morgan fingerprint density at radius 1 is 1.17 bits per heavy atom. The number of carbonyl (C=O) groups is 2. The Balaban J connectivity index is 1.49. The molecule has 36 heavy (non-hydrogen) atoms. The number of aliphatic hydroxyl groups is 1. The second-order valence-electron chi connectivity index (χ2n) is 10.8. The van der Waals surface area contributed by atoms with Crippen molar-refractivity contribution >= 4 is 12.2 Å². The van der Waals surface area contributed by atoms with E-state index in [1.165, 1.54) is 0 Å². The zero-order chi connectivity index (χ0) is 25.8. The summed E-state index contributed by atoms with van der Waals surface area (Å²) in [7, 11) is 0. The van der Waals surface area contributed by atoms with Gasteiger partial charge in [-0.1, -0.05) is 54.8 Å². The summed E-state index contributed by atoms with van der Waals surface area (Å²) < 4.78 is 12.7. The molecule has 10 heteroatoms. The predicted octanol–water partition coefficient (Wildman–Crippen LogP) is 3.91. The van der Waals surface area contributed by atoms with E-state index < -0.39 is 29.4 Å². The van der Waals surface area contributed by atoms with Gasteiger partial charge in [-0.05, 0) is 45.6 Å². The molecule has 2 N–H and O–H groups in total. The van der Waals surface area contributed by atoms with E-state index in [0.717, 1.165) is 24.8 Å². The van der Waals surface area contributed by atoms with Crippen molar-refractivity contribution < 1.29 is 24.2 Å². The van der Waals surface area contributed by atoms with E-state index in [9.17, 15) is 14.7 Å². The topological polar surface area (TPSA) is 119 Å². The lowest BCUT2D eigenvalue weighted by molar-refractivity contribution is -0.00483. The Morgan fingerprint density at radius 2 is 1.89 bits per heavy atom. The summed E-state index contributed by atoms with van der Waals surface area (Å²) in [5.41, 5.74) is -0.188. The largest absolute Gasteiger partial charge is 0.445 e. The van der Waals surface area contributed by atoms with Crippen molar-refractivity contribution in [1.29, 1.82) is 0 Å². The molecule has 1 aliphatic heterocycles. The molecule has 2 heterocycles. The van der Waals surface area contributed by atoms with Crippen LogP contribution in [0, 0.1) is 0 Å². The number of carbonyl (C=O) groups excluding carboxylic acids is 2. The summed E-state index contributed by atoms with van der Waals surface area (Å²) in [4.78, 5) is 27.1. The molecule has 0 spiro atoms. The Hall–Kier alpha value is -3.14. The number of aromatic nitrogens is 3. The fraction of sp³-hybridized carbons (Fsp3) is 0.615. The Morgan fingerprint density at radius 3 is 2.58 bits per heavy atom. The molecular weight excluding hydrogens is 462 g/mol. The maximum absolute atomic E-state index is 12.9. The van der Waals surface area contributed by atoms with Gasteiger partial charge in [-0.2, -0.15) is 0 Å². The zero-order valence-electron chi connectivity index (χ0n) is 21.4. The summed E-state index contributed by atoms with van der Waals surface area (Å²) in [5.74, 6) is 0. The van der Waals surface area contributed by atoms with Crippen LogP contribution < -0.4 is 5.32 Å². The maximum Gasteiger partial charge on any atom is 0.410 e. The van der Waals surface area contributed by atoms with E-state index in [1.807, 2.05) is 51.1 Å². The first-order chi connectivity index (χ1) is 17.1. The number of hydrogen-bond donors (Lipinski definition) is 2. The van der Waals surface area contributed by atoms with Gasteiger partial charge >= 0.3 is 12.2 Å². The lowest BCUT2D eigenvalue weighted by Gasteiger charge is -2.38. The van der Waals surface area contributed by atoms with Gasteiger partial charge in [0.15, 0.2) is 0 Å². The molecule has 1 aromatic carbocycles. The quantitative estimate of drug-likeness (QED) is 0.640. The van der Waals surface area contributed by atoms with Crippen LogP contribution in [0.15, 0.2) is 36.5 Å². The Labute approximate surface area is 211 Å². The summed E-state index contributed by atoms with van der Waals surface area (Å²) >= 11 is 0. The standard InChI is InChI=1S/C26H37N5O5/c1-25(2,3)36-23(32)27-20-12-15-30(24(33)35-18-19-10-6-4-7-11-19)16-21(20)31-17-22(28-29-31)26(34)13-8-5-9-14-26/h4,6-7,10-11,17,20-21,34H,5,8-9,12-16,18H2,1-3H3,(H,27,32)/t20-,21-/m1/s1. The molecule has 10 nitrogen and oxygen atoms in total. The molecule has 2 atom stereocenters. The van der Waals surface area contributed by atoms with Gasteiger partial charge in [0.2, 0.25) is 0 Å². The third-order valence-electron chi connectivity index (χ3n) is 6.75. The fourth-order valence-corrected chi connectivity index (χ4v) is 4.85. The third kappa shape index (κ3) is 6.54. The zero-order valence-corrected chi connectivity index (χ0v) is 21.4. The molecule has 2 amide bonds. The molecule has 1 aliphatic carbocycles. The van der Waals surface area contributed by atoms with Gasteiger partial charge in [0.05, 0.1) is 18.3 Å². The van der Waals surface area contributed by atoms with Crippen molar-refractivity contribution in [3.05, 3.63) is 47.8 Å². The SMILES string of the molecule is CC(C)(C)OC(=O)N[C@@H]1CCN(C(=O)OCc2ccccc2)C[C@H]1n1cc(C2(O)CCCCC2)nn1. The number of amides is 2. The number of benzene rings is 1. The normalized spacial score (nSPS) is 22.1. The summed E-state index contributed by atoms with van der Waals surface area (Å²) in [5, 5.41) is 22.7. The highest BCUT2D eigenvalue weighted by Gasteiger charge is 2.38. The molecule has 196 valence electrons. The van der Waals surface area contributed by atoms with Crippen molar-refractivity contribution in [3.63, 3.8) is 0 Å². The third-order valence-corrected chi connectivity index (χ3v) is 6.75. The van der Waals surface area contributed by atoms with Gasteiger partial charge in [-0.25, -0.2) is 14.3 Å². The number of alkyl carbamates (subject to hydrolysis) is 1. The number of piperidine rings is 1. The second kappa shape index (κ2) is 10.9. The first kappa shape index (κ1) is 25.9. The van der Waals surface area contributed by atoms with Crippen molar-refractivity contribution in [2.75, 3.05) is 13.1 Å². The first-order valence-corrected chi connectivity index (χ1v) is 12.7. The lowest BCUT2D eigenvalue weighted by Crippen LogP contribution is -2.53. The highest BCUT2D eigenvalue weighted by atomic mass is 16.6. The van der Waals surface area contributed by atoms with Crippen LogP contribution in [0.1, 0.15) is 76.6 Å². The molecule has 4 rings (SSSR count). The van der Waals surface area contributed by atoms with Gasteiger partial charge in [0.1, 0.15) is 23.5 Å². The van der Waals surface area contributed by atoms with Gasteiger partial charge in [-0.3, -0.25) is 0 Å². The highest BCUT2D eigenvalue weighted by Crippen LogP contribution is 2.36. The van der Waals surface area contributed by atoms with Crippen LogP contribution in [-0.2, 0) is 21.7 Å². The van der Waals surface area contributed by atoms with Crippen LogP contribution >= 0.6 is 0 Å². The summed E-state index contributed by atoms with van der Waals surface area (Å²) in [6.45, 7) is 6.30. The van der Waals surface area contributed by atoms with Crippen molar-refractivity contribution in [2.24, 2.45) is 0 Å². The molecular formula is C26H37N5O5. The van der Waals surface area contributed by atoms with Crippen LogP contribution in [0.5, 0.6) is 0 Å². The molecule has 1 aromatic heterocycles. The van der Waals surface area contributed by atoms with E-state index in [2.05, 4.69) is 15.6 Å². The number of nitrogens with one attached hydrogen (secondary N) is 1. The monoisotopic (exact) mass is 499 g/mol. The van der Waals surface area contributed by atoms with Gasteiger partial charge in [0.25, 0.3) is 0 Å². The molecule has 0 radical (unpaired) electrons. The first-order valence-electron chi connectivity index (χ1n) is 12.7. The van der Waals surface area contributed by atoms with Crippen molar-refractivity contribution in [3.8, 4) is 0 Å². The molecule has 1 saturated carbocycles. The minimum Gasteiger partial charge on any atom is -0.445 e. The van der Waals surface area contributed by atoms with Crippen LogP contribution in [0.4, 0.5) is 9.59 Å². The van der Waals surface area contributed by atoms with Gasteiger partial charge in [-0.15, -0.1) is 5.10 Å². The van der Waals surface area contributed by atoms with E-state index in [0.29, 0.717) is 31.5 Å². The van der Waals surface area contributed by atoms with E-state index in [4.69, 9.17) is 9.47 Å². The second-order valence-corrected chi connectivity index (χ2v) is 10.8. The molecule has 2 fully saturated rings. The maximum atomic E-state index is 12.9.